The fraction of sp³-hybridized carbons (Fsp3) is 0.375. The van der Waals surface area contributed by atoms with Crippen LogP contribution in [0.5, 0.6) is 0 Å². The van der Waals surface area contributed by atoms with Crippen LogP contribution >= 0.6 is 11.6 Å². The Bertz CT molecular complexity index is 629. The number of fused-ring (bicyclic) bond motifs is 4. The molecule has 1 fully saturated rings. The van der Waals surface area contributed by atoms with E-state index < -0.39 is 0 Å². The van der Waals surface area contributed by atoms with Crippen LogP contribution in [0.3, 0.4) is 0 Å². The van der Waals surface area contributed by atoms with Crippen molar-refractivity contribution >= 4 is 11.6 Å². The van der Waals surface area contributed by atoms with Crippen molar-refractivity contribution in [2.75, 3.05) is 0 Å². The van der Waals surface area contributed by atoms with Crippen molar-refractivity contribution in [1.82, 2.24) is 14.9 Å². The summed E-state index contributed by atoms with van der Waals surface area (Å²) in [6.45, 7) is 0.997. The third-order valence-corrected chi connectivity index (χ3v) is 4.86. The molecule has 2 bridgehead atoms. The molecule has 0 spiro atoms. The van der Waals surface area contributed by atoms with Crippen molar-refractivity contribution in [3.63, 3.8) is 0 Å². The zero-order valence-electron chi connectivity index (χ0n) is 11.2. The number of nitrogens with zero attached hydrogens (tertiary/aromatic N) is 3. The lowest BCUT2D eigenvalue weighted by Gasteiger charge is -2.35. The Balaban J connectivity index is 1.68. The van der Waals surface area contributed by atoms with Gasteiger partial charge < -0.3 is 0 Å². The van der Waals surface area contributed by atoms with E-state index >= 15 is 0 Å². The molecule has 0 aliphatic carbocycles. The molecule has 4 heteroatoms. The average Bonchev–Trinajstić information content (AvgIpc) is 2.74. The summed E-state index contributed by atoms with van der Waals surface area (Å²) >= 11 is 6.24. The standard InChI is InChI=1S/C16H16ClN3/c17-16-13-8-12-6-7-14(15(13)18-10-19-16)20(12)9-11-4-2-1-3-5-11/h1-5,10,12,14H,6-9H2/t12-,14+/m0/s1. The quantitative estimate of drug-likeness (QED) is 0.792. The Labute approximate surface area is 123 Å². The first kappa shape index (κ1) is 12.3. The zero-order chi connectivity index (χ0) is 13.5. The SMILES string of the molecule is Clc1ncnc2c1C[C@@H]1CC[C@H]2N1Cc1ccccc1. The molecule has 1 saturated heterocycles. The summed E-state index contributed by atoms with van der Waals surface area (Å²) < 4.78 is 0. The second kappa shape index (κ2) is 4.83. The molecule has 0 unspecified atom stereocenters. The van der Waals surface area contributed by atoms with Gasteiger partial charge in [-0.2, -0.15) is 0 Å². The van der Waals surface area contributed by atoms with Crippen LogP contribution < -0.4 is 0 Å². The maximum absolute atomic E-state index is 6.24. The summed E-state index contributed by atoms with van der Waals surface area (Å²) in [4.78, 5) is 11.2. The monoisotopic (exact) mass is 285 g/mol. The highest BCUT2D eigenvalue weighted by molar-refractivity contribution is 6.30. The first-order chi connectivity index (χ1) is 9.83. The van der Waals surface area contributed by atoms with Gasteiger partial charge in [-0.25, -0.2) is 9.97 Å². The molecule has 2 aromatic rings. The van der Waals surface area contributed by atoms with Crippen LogP contribution in [0.25, 0.3) is 0 Å². The average molecular weight is 286 g/mol. The summed E-state index contributed by atoms with van der Waals surface area (Å²) in [6.07, 6.45) is 4.99. The summed E-state index contributed by atoms with van der Waals surface area (Å²) in [6, 6.07) is 11.7. The molecular formula is C16H16ClN3. The second-order valence-corrected chi connectivity index (χ2v) is 6.00. The van der Waals surface area contributed by atoms with Gasteiger partial charge in [-0.1, -0.05) is 41.9 Å². The molecule has 0 N–H and O–H groups in total. The van der Waals surface area contributed by atoms with E-state index in [1.807, 2.05) is 0 Å². The fourth-order valence-electron chi connectivity index (χ4n) is 3.60. The minimum absolute atomic E-state index is 0.407. The number of rotatable bonds is 2. The largest absolute Gasteiger partial charge is 0.287 e. The number of aromatic nitrogens is 2. The second-order valence-electron chi connectivity index (χ2n) is 5.64. The molecule has 20 heavy (non-hydrogen) atoms. The number of hydrogen-bond donors (Lipinski definition) is 0. The highest BCUT2D eigenvalue weighted by Crippen LogP contribution is 2.44. The summed E-state index contributed by atoms with van der Waals surface area (Å²) in [5.41, 5.74) is 3.69. The van der Waals surface area contributed by atoms with Crippen molar-refractivity contribution in [3.8, 4) is 0 Å². The highest BCUT2D eigenvalue weighted by atomic mass is 35.5. The topological polar surface area (TPSA) is 29.0 Å². The predicted octanol–water partition coefficient (Wildman–Crippen LogP) is 3.39. The molecule has 0 radical (unpaired) electrons. The van der Waals surface area contributed by atoms with E-state index in [1.165, 1.54) is 24.0 Å². The molecule has 3 heterocycles. The van der Waals surface area contributed by atoms with Gasteiger partial charge >= 0.3 is 0 Å². The van der Waals surface area contributed by atoms with E-state index in [1.54, 1.807) is 6.33 Å². The zero-order valence-corrected chi connectivity index (χ0v) is 11.9. The third kappa shape index (κ3) is 1.93. The van der Waals surface area contributed by atoms with Crippen molar-refractivity contribution in [2.45, 2.75) is 37.9 Å². The molecule has 1 aromatic carbocycles. The normalized spacial score (nSPS) is 24.6. The Hall–Kier alpha value is -1.45. The molecule has 0 amide bonds. The van der Waals surface area contributed by atoms with Gasteiger partial charge in [0.1, 0.15) is 11.5 Å². The molecule has 4 rings (SSSR count). The van der Waals surface area contributed by atoms with E-state index in [2.05, 4.69) is 45.2 Å². The Kier molecular flexibility index (Phi) is 2.97. The summed E-state index contributed by atoms with van der Waals surface area (Å²) in [5.74, 6) is 0. The molecule has 102 valence electrons. The summed E-state index contributed by atoms with van der Waals surface area (Å²) in [7, 11) is 0. The van der Waals surface area contributed by atoms with Gasteiger partial charge in [0.05, 0.1) is 11.7 Å². The van der Waals surface area contributed by atoms with Crippen molar-refractivity contribution in [3.05, 3.63) is 58.6 Å². The smallest absolute Gasteiger partial charge is 0.136 e. The molecule has 2 aliphatic rings. The van der Waals surface area contributed by atoms with Gasteiger partial charge in [-0.3, -0.25) is 4.90 Å². The molecule has 2 atom stereocenters. The Morgan fingerprint density at radius 2 is 2.00 bits per heavy atom. The highest BCUT2D eigenvalue weighted by Gasteiger charge is 2.41. The lowest BCUT2D eigenvalue weighted by Crippen LogP contribution is -2.37. The van der Waals surface area contributed by atoms with Gasteiger partial charge in [-0.15, -0.1) is 0 Å². The van der Waals surface area contributed by atoms with Crippen LogP contribution in [-0.2, 0) is 13.0 Å². The lowest BCUT2D eigenvalue weighted by molar-refractivity contribution is 0.164. The first-order valence-electron chi connectivity index (χ1n) is 7.12. The number of hydrogen-bond acceptors (Lipinski definition) is 3. The third-order valence-electron chi connectivity index (χ3n) is 4.53. The predicted molar refractivity (Wildman–Crippen MR) is 78.5 cm³/mol. The van der Waals surface area contributed by atoms with Gasteiger partial charge in [0.2, 0.25) is 0 Å². The fourth-order valence-corrected chi connectivity index (χ4v) is 3.82. The van der Waals surface area contributed by atoms with Crippen LogP contribution in [0.1, 0.15) is 35.7 Å². The minimum Gasteiger partial charge on any atom is -0.287 e. The van der Waals surface area contributed by atoms with E-state index in [9.17, 15) is 0 Å². The molecule has 1 aromatic heterocycles. The van der Waals surface area contributed by atoms with Crippen molar-refractivity contribution < 1.29 is 0 Å². The maximum atomic E-state index is 6.24. The Morgan fingerprint density at radius 1 is 1.15 bits per heavy atom. The van der Waals surface area contributed by atoms with E-state index in [4.69, 9.17) is 11.6 Å². The van der Waals surface area contributed by atoms with Gasteiger partial charge in [-0.05, 0) is 24.8 Å². The van der Waals surface area contributed by atoms with Crippen LogP contribution in [0, 0.1) is 0 Å². The van der Waals surface area contributed by atoms with Crippen molar-refractivity contribution in [1.29, 1.82) is 0 Å². The molecule has 3 nitrogen and oxygen atoms in total. The summed E-state index contributed by atoms with van der Waals surface area (Å²) in [5, 5.41) is 0.645. The van der Waals surface area contributed by atoms with Crippen LogP contribution in [0.4, 0.5) is 0 Å². The molecule has 0 saturated carbocycles. The van der Waals surface area contributed by atoms with E-state index in [-0.39, 0.29) is 0 Å². The van der Waals surface area contributed by atoms with Gasteiger partial charge in [0.25, 0.3) is 0 Å². The number of halogens is 1. The van der Waals surface area contributed by atoms with E-state index in [0.29, 0.717) is 17.2 Å². The van der Waals surface area contributed by atoms with Gasteiger partial charge in [0.15, 0.2) is 0 Å². The first-order valence-corrected chi connectivity index (χ1v) is 7.49. The molecular weight excluding hydrogens is 270 g/mol. The van der Waals surface area contributed by atoms with E-state index in [0.717, 1.165) is 18.7 Å². The molecule has 2 aliphatic heterocycles. The minimum atomic E-state index is 0.407. The lowest BCUT2D eigenvalue weighted by atomic mass is 9.98. The number of benzene rings is 1. The van der Waals surface area contributed by atoms with Gasteiger partial charge in [0, 0.05) is 18.2 Å². The maximum Gasteiger partial charge on any atom is 0.136 e. The Morgan fingerprint density at radius 3 is 2.85 bits per heavy atom. The van der Waals surface area contributed by atoms with Crippen molar-refractivity contribution in [2.24, 2.45) is 0 Å². The van der Waals surface area contributed by atoms with Crippen LogP contribution in [0.15, 0.2) is 36.7 Å². The van der Waals surface area contributed by atoms with Crippen LogP contribution in [-0.4, -0.2) is 20.9 Å². The van der Waals surface area contributed by atoms with Crippen LogP contribution in [0.2, 0.25) is 5.15 Å².